The second-order valence-electron chi connectivity index (χ2n) is 5.10. The van der Waals surface area contributed by atoms with Crippen LogP contribution in [0.4, 0.5) is 11.6 Å². The first-order valence-electron chi connectivity index (χ1n) is 7.27. The first-order valence-corrected chi connectivity index (χ1v) is 7.27. The van der Waals surface area contributed by atoms with Crippen molar-refractivity contribution in [2.45, 2.75) is 26.2 Å². The maximum atomic E-state index is 11.5. The normalized spacial score (nSPS) is 16.4. The molecule has 1 aromatic heterocycles. The van der Waals surface area contributed by atoms with E-state index in [4.69, 9.17) is 10.5 Å². The van der Waals surface area contributed by atoms with Crippen LogP contribution in [0.15, 0.2) is 12.3 Å². The van der Waals surface area contributed by atoms with Crippen LogP contribution in [0.3, 0.4) is 0 Å². The van der Waals surface area contributed by atoms with Crippen LogP contribution in [0.25, 0.3) is 6.08 Å². The Morgan fingerprint density at radius 3 is 2.86 bits per heavy atom. The zero-order valence-electron chi connectivity index (χ0n) is 12.6. The molecule has 2 rings (SSSR count). The molecule has 1 fully saturated rings. The molecule has 6 heteroatoms. The average molecular weight is 290 g/mol. The standard InChI is InChI=1S/C15H22N4O2/c1-3-4-5-12-10-17-13(16)14(18-12)19-8-6-11(7-9-19)15(20)21-2/h4-5,10-11H,3,6-9H2,1-2H3,(H2,16,17)/b5-4+. The summed E-state index contributed by atoms with van der Waals surface area (Å²) in [7, 11) is 1.43. The van der Waals surface area contributed by atoms with Crippen molar-refractivity contribution in [1.82, 2.24) is 9.97 Å². The number of carbonyl (C=O) groups excluding carboxylic acids is 1. The van der Waals surface area contributed by atoms with Crippen molar-refractivity contribution in [1.29, 1.82) is 0 Å². The Labute approximate surface area is 125 Å². The number of hydrogen-bond acceptors (Lipinski definition) is 6. The summed E-state index contributed by atoms with van der Waals surface area (Å²) in [6, 6.07) is 0. The Bertz CT molecular complexity index is 522. The summed E-state index contributed by atoms with van der Waals surface area (Å²) >= 11 is 0. The minimum absolute atomic E-state index is 0.0244. The molecule has 2 N–H and O–H groups in total. The maximum absolute atomic E-state index is 11.5. The van der Waals surface area contributed by atoms with Crippen molar-refractivity contribution in [2.24, 2.45) is 5.92 Å². The molecule has 1 aromatic rings. The van der Waals surface area contributed by atoms with E-state index in [1.165, 1.54) is 7.11 Å². The van der Waals surface area contributed by atoms with Gasteiger partial charge in [0.1, 0.15) is 0 Å². The van der Waals surface area contributed by atoms with Gasteiger partial charge in [0.25, 0.3) is 0 Å². The van der Waals surface area contributed by atoms with Gasteiger partial charge in [0.15, 0.2) is 11.6 Å². The third-order valence-electron chi connectivity index (χ3n) is 3.65. The summed E-state index contributed by atoms with van der Waals surface area (Å²) in [5.41, 5.74) is 6.74. The Morgan fingerprint density at radius 1 is 1.52 bits per heavy atom. The Balaban J connectivity index is 2.09. The first kappa shape index (κ1) is 15.3. The number of anilines is 2. The van der Waals surface area contributed by atoms with Gasteiger partial charge in [-0.2, -0.15) is 0 Å². The third-order valence-corrected chi connectivity index (χ3v) is 3.65. The number of carbonyl (C=O) groups is 1. The fraction of sp³-hybridized carbons (Fsp3) is 0.533. The van der Waals surface area contributed by atoms with E-state index in [0.29, 0.717) is 11.6 Å². The molecule has 1 aliphatic rings. The second-order valence-corrected chi connectivity index (χ2v) is 5.10. The van der Waals surface area contributed by atoms with E-state index in [0.717, 1.165) is 38.0 Å². The van der Waals surface area contributed by atoms with Crippen LogP contribution in [0.1, 0.15) is 31.9 Å². The number of nitrogen functional groups attached to an aromatic ring is 1. The van der Waals surface area contributed by atoms with Crippen LogP contribution in [0.5, 0.6) is 0 Å². The molecule has 2 heterocycles. The van der Waals surface area contributed by atoms with Crippen molar-refractivity contribution in [2.75, 3.05) is 30.8 Å². The number of esters is 1. The number of methoxy groups -OCH3 is 1. The molecule has 0 saturated carbocycles. The van der Waals surface area contributed by atoms with Crippen molar-refractivity contribution in [3.63, 3.8) is 0 Å². The lowest BCUT2D eigenvalue weighted by Gasteiger charge is -2.31. The third kappa shape index (κ3) is 3.71. The van der Waals surface area contributed by atoms with E-state index < -0.39 is 0 Å². The van der Waals surface area contributed by atoms with Crippen molar-refractivity contribution < 1.29 is 9.53 Å². The van der Waals surface area contributed by atoms with Crippen LogP contribution in [-0.4, -0.2) is 36.1 Å². The quantitative estimate of drug-likeness (QED) is 0.853. The fourth-order valence-electron chi connectivity index (χ4n) is 2.45. The fourth-order valence-corrected chi connectivity index (χ4v) is 2.45. The second kappa shape index (κ2) is 7.06. The van der Waals surface area contributed by atoms with Crippen LogP contribution >= 0.6 is 0 Å². The number of aromatic nitrogens is 2. The molecule has 21 heavy (non-hydrogen) atoms. The molecule has 0 spiro atoms. The van der Waals surface area contributed by atoms with Crippen LogP contribution in [-0.2, 0) is 9.53 Å². The van der Waals surface area contributed by atoms with E-state index in [-0.39, 0.29) is 11.9 Å². The van der Waals surface area contributed by atoms with Gasteiger partial charge in [0.05, 0.1) is 24.9 Å². The van der Waals surface area contributed by atoms with E-state index in [1.807, 2.05) is 12.2 Å². The minimum Gasteiger partial charge on any atom is -0.469 e. The van der Waals surface area contributed by atoms with E-state index >= 15 is 0 Å². The summed E-state index contributed by atoms with van der Waals surface area (Å²) in [6.45, 7) is 3.54. The Kier molecular flexibility index (Phi) is 5.14. The highest BCUT2D eigenvalue weighted by Crippen LogP contribution is 2.26. The number of nitrogens with two attached hydrogens (primary N) is 1. The molecule has 114 valence electrons. The van der Waals surface area contributed by atoms with Gasteiger partial charge in [-0.05, 0) is 25.3 Å². The summed E-state index contributed by atoms with van der Waals surface area (Å²) in [4.78, 5) is 22.4. The molecular weight excluding hydrogens is 268 g/mol. The molecule has 0 aliphatic carbocycles. The van der Waals surface area contributed by atoms with Crippen LogP contribution in [0, 0.1) is 5.92 Å². The minimum atomic E-state index is -0.131. The van der Waals surface area contributed by atoms with Gasteiger partial charge in [0.2, 0.25) is 0 Å². The van der Waals surface area contributed by atoms with Crippen molar-refractivity contribution in [3.8, 4) is 0 Å². The lowest BCUT2D eigenvalue weighted by molar-refractivity contribution is -0.146. The summed E-state index contributed by atoms with van der Waals surface area (Å²) < 4.78 is 4.80. The zero-order chi connectivity index (χ0) is 15.2. The summed E-state index contributed by atoms with van der Waals surface area (Å²) in [6.07, 6.45) is 8.11. The molecule has 0 bridgehead atoms. The number of allylic oxidation sites excluding steroid dienone is 1. The molecule has 0 atom stereocenters. The lowest BCUT2D eigenvalue weighted by Crippen LogP contribution is -2.37. The molecule has 0 radical (unpaired) electrons. The predicted molar refractivity (Wildman–Crippen MR) is 82.7 cm³/mol. The number of piperidine rings is 1. The predicted octanol–water partition coefficient (Wildman–Crippen LogP) is 1.87. The van der Waals surface area contributed by atoms with Gasteiger partial charge in [0, 0.05) is 13.1 Å². The van der Waals surface area contributed by atoms with E-state index in [9.17, 15) is 4.79 Å². The maximum Gasteiger partial charge on any atom is 0.308 e. The monoisotopic (exact) mass is 290 g/mol. The van der Waals surface area contributed by atoms with Gasteiger partial charge in [-0.3, -0.25) is 4.79 Å². The van der Waals surface area contributed by atoms with Crippen LogP contribution < -0.4 is 10.6 Å². The van der Waals surface area contributed by atoms with Gasteiger partial charge in [-0.1, -0.05) is 13.0 Å². The molecular formula is C15H22N4O2. The van der Waals surface area contributed by atoms with Gasteiger partial charge in [-0.15, -0.1) is 0 Å². The highest BCUT2D eigenvalue weighted by atomic mass is 16.5. The average Bonchev–Trinajstić information content (AvgIpc) is 2.53. The van der Waals surface area contributed by atoms with Crippen molar-refractivity contribution in [3.05, 3.63) is 18.0 Å². The molecule has 0 aromatic carbocycles. The molecule has 1 aliphatic heterocycles. The van der Waals surface area contributed by atoms with Gasteiger partial charge in [-0.25, -0.2) is 9.97 Å². The van der Waals surface area contributed by atoms with Crippen LogP contribution in [0.2, 0.25) is 0 Å². The molecule has 1 saturated heterocycles. The van der Waals surface area contributed by atoms with Gasteiger partial charge >= 0.3 is 5.97 Å². The topological polar surface area (TPSA) is 81.3 Å². The molecule has 6 nitrogen and oxygen atoms in total. The summed E-state index contributed by atoms with van der Waals surface area (Å²) in [5.74, 6) is 0.980. The first-order chi connectivity index (χ1) is 10.2. The van der Waals surface area contributed by atoms with E-state index in [2.05, 4.69) is 21.8 Å². The number of ether oxygens (including phenoxy) is 1. The Morgan fingerprint density at radius 2 is 2.24 bits per heavy atom. The number of nitrogens with zero attached hydrogens (tertiary/aromatic N) is 3. The lowest BCUT2D eigenvalue weighted by atomic mass is 9.97. The number of rotatable bonds is 4. The Hall–Kier alpha value is -2.11. The summed E-state index contributed by atoms with van der Waals surface area (Å²) in [5, 5.41) is 0. The SMILES string of the molecule is CC/C=C/c1cnc(N)c(N2CCC(C(=O)OC)CC2)n1. The highest BCUT2D eigenvalue weighted by molar-refractivity contribution is 5.73. The highest BCUT2D eigenvalue weighted by Gasteiger charge is 2.27. The molecule has 0 unspecified atom stereocenters. The van der Waals surface area contributed by atoms with Crippen molar-refractivity contribution >= 4 is 23.7 Å². The smallest absolute Gasteiger partial charge is 0.308 e. The van der Waals surface area contributed by atoms with E-state index in [1.54, 1.807) is 6.20 Å². The largest absolute Gasteiger partial charge is 0.469 e. The van der Waals surface area contributed by atoms with Gasteiger partial charge < -0.3 is 15.4 Å². The molecule has 0 amide bonds. The zero-order valence-corrected chi connectivity index (χ0v) is 12.6. The number of hydrogen-bond donors (Lipinski definition) is 1.